The lowest BCUT2D eigenvalue weighted by Crippen LogP contribution is -2.08. The fourth-order valence-electron chi connectivity index (χ4n) is 1.91. The number of benzene rings is 1. The summed E-state index contributed by atoms with van der Waals surface area (Å²) in [6, 6.07) is 7.95. The second kappa shape index (κ2) is 6.76. The van der Waals surface area contributed by atoms with E-state index in [-0.39, 0.29) is 22.2 Å². The summed E-state index contributed by atoms with van der Waals surface area (Å²) >= 11 is 5.86. The largest absolute Gasteiger partial charge is 0.465 e. The van der Waals surface area contributed by atoms with Gasteiger partial charge in [0.2, 0.25) is 0 Å². The highest BCUT2D eigenvalue weighted by Crippen LogP contribution is 2.45. The molecule has 1 heterocycles. The number of halogens is 2. The van der Waals surface area contributed by atoms with Gasteiger partial charge in [-0.2, -0.15) is 0 Å². The number of hydrogen-bond acceptors (Lipinski definition) is 4. The average molecular weight is 357 g/mol. The van der Waals surface area contributed by atoms with Gasteiger partial charge in [0.1, 0.15) is 22.4 Å². The number of aromatic nitrogens is 1. The SMILES string of the molecule is COC(=O)c1ccc(Cl)nc1Nc1ccc(S(C)(C)C)cc1F. The molecule has 2 rings (SSSR count). The smallest absolute Gasteiger partial charge is 0.341 e. The zero-order valence-corrected chi connectivity index (χ0v) is 14.9. The minimum atomic E-state index is -1.03. The lowest BCUT2D eigenvalue weighted by Gasteiger charge is -2.26. The quantitative estimate of drug-likeness (QED) is 0.649. The van der Waals surface area contributed by atoms with E-state index in [0.29, 0.717) is 0 Å². The van der Waals surface area contributed by atoms with Crippen LogP contribution in [0.4, 0.5) is 15.9 Å². The number of esters is 1. The molecule has 1 aromatic carbocycles. The van der Waals surface area contributed by atoms with E-state index in [1.54, 1.807) is 6.07 Å². The maximum atomic E-state index is 14.4. The van der Waals surface area contributed by atoms with Gasteiger partial charge in [-0.05, 0) is 54.0 Å². The molecule has 0 aliphatic heterocycles. The molecule has 0 saturated carbocycles. The van der Waals surface area contributed by atoms with Gasteiger partial charge in [-0.15, -0.1) is 0 Å². The Morgan fingerprint density at radius 1 is 1.26 bits per heavy atom. The molecule has 23 heavy (non-hydrogen) atoms. The third kappa shape index (κ3) is 4.14. The highest BCUT2D eigenvalue weighted by molar-refractivity contribution is 8.32. The van der Waals surface area contributed by atoms with E-state index < -0.39 is 21.8 Å². The Morgan fingerprint density at radius 2 is 1.96 bits per heavy atom. The van der Waals surface area contributed by atoms with Gasteiger partial charge in [0, 0.05) is 0 Å². The first kappa shape index (κ1) is 17.6. The van der Waals surface area contributed by atoms with E-state index in [9.17, 15) is 9.18 Å². The molecule has 0 fully saturated rings. The monoisotopic (exact) mass is 356 g/mol. The number of pyridine rings is 1. The first-order chi connectivity index (χ1) is 10.7. The van der Waals surface area contributed by atoms with Crippen molar-refractivity contribution < 1.29 is 13.9 Å². The van der Waals surface area contributed by atoms with Crippen LogP contribution in [0, 0.1) is 5.82 Å². The van der Waals surface area contributed by atoms with Crippen LogP contribution in [0.5, 0.6) is 0 Å². The van der Waals surface area contributed by atoms with E-state index >= 15 is 0 Å². The second-order valence-electron chi connectivity index (χ2n) is 5.63. The third-order valence-corrected chi connectivity index (χ3v) is 5.05. The molecule has 0 bridgehead atoms. The highest BCUT2D eigenvalue weighted by atomic mass is 35.5. The second-order valence-corrected chi connectivity index (χ2v) is 10.2. The number of hydrogen-bond donors (Lipinski definition) is 1. The maximum absolute atomic E-state index is 14.4. The molecule has 2 aromatic rings. The molecule has 0 saturated heterocycles. The van der Waals surface area contributed by atoms with Crippen molar-refractivity contribution in [3.05, 3.63) is 46.9 Å². The van der Waals surface area contributed by atoms with Crippen LogP contribution >= 0.6 is 21.6 Å². The summed E-state index contributed by atoms with van der Waals surface area (Å²) < 4.78 is 19.1. The molecule has 7 heteroatoms. The molecule has 1 aromatic heterocycles. The van der Waals surface area contributed by atoms with Crippen molar-refractivity contribution in [2.45, 2.75) is 4.90 Å². The van der Waals surface area contributed by atoms with Crippen molar-refractivity contribution >= 4 is 39.1 Å². The van der Waals surface area contributed by atoms with Crippen LogP contribution in [0.25, 0.3) is 0 Å². The van der Waals surface area contributed by atoms with E-state index in [1.165, 1.54) is 25.3 Å². The number of nitrogens with zero attached hydrogens (tertiary/aromatic N) is 1. The van der Waals surface area contributed by atoms with Crippen LogP contribution in [0.2, 0.25) is 5.15 Å². The van der Waals surface area contributed by atoms with Gasteiger partial charge in [-0.3, -0.25) is 0 Å². The Kier molecular flexibility index (Phi) is 5.16. The molecule has 0 radical (unpaired) electrons. The van der Waals surface area contributed by atoms with Gasteiger partial charge in [-0.1, -0.05) is 11.6 Å². The first-order valence-corrected chi connectivity index (χ1v) is 9.95. The number of nitrogens with one attached hydrogen (secondary N) is 1. The van der Waals surface area contributed by atoms with Crippen molar-refractivity contribution in [3.63, 3.8) is 0 Å². The Hall–Kier alpha value is -1.79. The van der Waals surface area contributed by atoms with Gasteiger partial charge in [0.15, 0.2) is 0 Å². The Labute approximate surface area is 141 Å². The molecule has 0 amide bonds. The van der Waals surface area contributed by atoms with Crippen molar-refractivity contribution in [1.29, 1.82) is 0 Å². The van der Waals surface area contributed by atoms with Crippen molar-refractivity contribution in [2.24, 2.45) is 0 Å². The van der Waals surface area contributed by atoms with E-state index in [1.807, 2.05) is 6.07 Å². The Bertz CT molecular complexity index is 747. The number of carbonyl (C=O) groups excluding carboxylic acids is 1. The zero-order chi connectivity index (χ0) is 17.2. The van der Waals surface area contributed by atoms with Crippen LogP contribution in [0.15, 0.2) is 35.2 Å². The summed E-state index contributed by atoms with van der Waals surface area (Å²) in [6.45, 7) is 0. The van der Waals surface area contributed by atoms with Gasteiger partial charge in [-0.25, -0.2) is 24.2 Å². The predicted molar refractivity (Wildman–Crippen MR) is 93.9 cm³/mol. The summed E-state index contributed by atoms with van der Waals surface area (Å²) in [5, 5.41) is 3.00. The minimum Gasteiger partial charge on any atom is -0.465 e. The van der Waals surface area contributed by atoms with Crippen molar-refractivity contribution in [1.82, 2.24) is 4.98 Å². The summed E-state index contributed by atoms with van der Waals surface area (Å²) in [5.41, 5.74) is 0.402. The first-order valence-electron chi connectivity index (χ1n) is 6.72. The molecule has 0 spiro atoms. The predicted octanol–water partition coefficient (Wildman–Crippen LogP) is 4.46. The maximum Gasteiger partial charge on any atom is 0.341 e. The highest BCUT2D eigenvalue weighted by Gasteiger charge is 2.17. The molecule has 1 N–H and O–H groups in total. The molecule has 4 nitrogen and oxygen atoms in total. The topological polar surface area (TPSA) is 51.2 Å². The summed E-state index contributed by atoms with van der Waals surface area (Å²) in [5.74, 6) is -0.838. The fourth-order valence-corrected chi connectivity index (χ4v) is 2.99. The lowest BCUT2D eigenvalue weighted by molar-refractivity contribution is 0.0601. The zero-order valence-electron chi connectivity index (χ0n) is 13.3. The molecular weight excluding hydrogens is 339 g/mol. The number of ether oxygens (including phenoxy) is 1. The summed E-state index contributed by atoms with van der Waals surface area (Å²) in [4.78, 5) is 16.8. The third-order valence-electron chi connectivity index (χ3n) is 3.17. The number of rotatable bonds is 4. The Morgan fingerprint density at radius 3 is 2.52 bits per heavy atom. The summed E-state index contributed by atoms with van der Waals surface area (Å²) in [6.07, 6.45) is 6.26. The van der Waals surface area contributed by atoms with E-state index in [0.717, 1.165) is 4.90 Å². The number of methoxy groups -OCH3 is 1. The van der Waals surface area contributed by atoms with Crippen LogP contribution in [-0.2, 0) is 4.74 Å². The number of anilines is 2. The van der Waals surface area contributed by atoms with Crippen LogP contribution in [0.3, 0.4) is 0 Å². The molecule has 0 aliphatic carbocycles. The molecule has 124 valence electrons. The van der Waals surface area contributed by atoms with Crippen LogP contribution in [0.1, 0.15) is 10.4 Å². The average Bonchev–Trinajstić information content (AvgIpc) is 2.47. The minimum absolute atomic E-state index is 0.152. The van der Waals surface area contributed by atoms with Gasteiger partial charge in [0.25, 0.3) is 0 Å². The molecular formula is C16H18ClFN2O2S. The van der Waals surface area contributed by atoms with Gasteiger partial charge >= 0.3 is 5.97 Å². The molecule has 0 atom stereocenters. The van der Waals surface area contributed by atoms with Crippen LogP contribution in [-0.4, -0.2) is 36.8 Å². The van der Waals surface area contributed by atoms with Crippen molar-refractivity contribution in [2.75, 3.05) is 31.2 Å². The van der Waals surface area contributed by atoms with E-state index in [2.05, 4.69) is 29.1 Å². The Balaban J connectivity index is 2.40. The fraction of sp³-hybridized carbons (Fsp3) is 0.250. The van der Waals surface area contributed by atoms with Crippen molar-refractivity contribution in [3.8, 4) is 0 Å². The van der Waals surface area contributed by atoms with Gasteiger partial charge < -0.3 is 10.1 Å². The molecule has 0 unspecified atom stereocenters. The molecule has 0 aliphatic rings. The normalized spacial score (nSPS) is 11.9. The van der Waals surface area contributed by atoms with Gasteiger partial charge in [0.05, 0.1) is 12.8 Å². The lowest BCUT2D eigenvalue weighted by atomic mass is 10.2. The number of carbonyl (C=O) groups is 1. The standard InChI is InChI=1S/C16H18ClFN2O2S/c1-22-16(21)11-6-8-14(17)20-15(11)19-13-7-5-10(9-12(13)18)23(2,3)4/h5-9H,1-4H3,(H,19,20). The summed E-state index contributed by atoms with van der Waals surface area (Å²) in [7, 11) is 0.240. The van der Waals surface area contributed by atoms with Crippen LogP contribution < -0.4 is 5.32 Å². The van der Waals surface area contributed by atoms with E-state index in [4.69, 9.17) is 16.3 Å².